The van der Waals surface area contributed by atoms with Crippen molar-refractivity contribution in [2.45, 2.75) is 0 Å². The molecule has 1 aromatic rings. The highest BCUT2D eigenvalue weighted by Gasteiger charge is 2.18. The average molecular weight is 324 g/mol. The van der Waals surface area contributed by atoms with Crippen LogP contribution in [0.2, 0.25) is 0 Å². The smallest absolute Gasteiger partial charge is 0.254 e. The lowest BCUT2D eigenvalue weighted by molar-refractivity contribution is 0.0938. The molecular weight excluding hydrogens is 310 g/mol. The van der Waals surface area contributed by atoms with Crippen LogP contribution >= 0.6 is 28.3 Å². The van der Waals surface area contributed by atoms with Crippen molar-refractivity contribution in [3.8, 4) is 0 Å². The summed E-state index contributed by atoms with van der Waals surface area (Å²) in [5.41, 5.74) is 0.0849. The van der Waals surface area contributed by atoms with E-state index in [9.17, 15) is 9.18 Å². The minimum Gasteiger partial charge on any atom is -0.352 e. The Kier molecular flexibility index (Phi) is 5.36. The SMILES string of the molecule is Cl.O=C(NCC1CNC1)c1cc(Br)ccc1F. The number of halogens is 3. The average Bonchev–Trinajstić information content (AvgIpc) is 2.19. The third-order valence-corrected chi connectivity index (χ3v) is 3.08. The Morgan fingerprint density at radius 2 is 2.24 bits per heavy atom. The molecule has 94 valence electrons. The van der Waals surface area contributed by atoms with Crippen LogP contribution in [-0.2, 0) is 0 Å². The fraction of sp³-hybridized carbons (Fsp3) is 0.364. The van der Waals surface area contributed by atoms with Crippen molar-refractivity contribution in [2.24, 2.45) is 5.92 Å². The number of hydrogen-bond donors (Lipinski definition) is 2. The molecule has 0 unspecified atom stereocenters. The molecule has 1 fully saturated rings. The lowest BCUT2D eigenvalue weighted by Crippen LogP contribution is -2.48. The summed E-state index contributed by atoms with van der Waals surface area (Å²) < 4.78 is 14.0. The highest BCUT2D eigenvalue weighted by Crippen LogP contribution is 2.15. The Bertz CT molecular complexity index is 412. The van der Waals surface area contributed by atoms with Crippen LogP contribution in [0.15, 0.2) is 22.7 Å². The molecule has 1 aromatic carbocycles. The van der Waals surface area contributed by atoms with Gasteiger partial charge in [-0.15, -0.1) is 12.4 Å². The quantitative estimate of drug-likeness (QED) is 0.893. The highest BCUT2D eigenvalue weighted by atomic mass is 79.9. The standard InChI is InChI=1S/C11H12BrFN2O.ClH/c12-8-1-2-10(13)9(3-8)11(16)15-6-7-4-14-5-7;/h1-3,7,14H,4-6H2,(H,15,16);1H. The van der Waals surface area contributed by atoms with Gasteiger partial charge in [0.05, 0.1) is 5.56 Å². The van der Waals surface area contributed by atoms with Gasteiger partial charge in [-0.1, -0.05) is 15.9 Å². The molecule has 17 heavy (non-hydrogen) atoms. The van der Waals surface area contributed by atoms with E-state index in [1.807, 2.05) is 0 Å². The van der Waals surface area contributed by atoms with Gasteiger partial charge in [-0.2, -0.15) is 0 Å². The molecule has 0 spiro atoms. The van der Waals surface area contributed by atoms with Crippen LogP contribution in [0.25, 0.3) is 0 Å². The van der Waals surface area contributed by atoms with Crippen molar-refractivity contribution < 1.29 is 9.18 Å². The zero-order valence-electron chi connectivity index (χ0n) is 9.00. The molecule has 1 aliphatic heterocycles. The second kappa shape index (κ2) is 6.33. The maximum Gasteiger partial charge on any atom is 0.254 e. The van der Waals surface area contributed by atoms with Crippen molar-refractivity contribution in [3.05, 3.63) is 34.1 Å². The van der Waals surface area contributed by atoms with Crippen molar-refractivity contribution in [1.29, 1.82) is 0 Å². The Hall–Kier alpha value is -0.650. The monoisotopic (exact) mass is 322 g/mol. The Morgan fingerprint density at radius 3 is 2.82 bits per heavy atom. The van der Waals surface area contributed by atoms with Gasteiger partial charge in [-0.3, -0.25) is 4.79 Å². The first-order valence-electron chi connectivity index (χ1n) is 5.11. The van der Waals surface area contributed by atoms with E-state index in [2.05, 4.69) is 26.6 Å². The molecule has 2 rings (SSSR count). The van der Waals surface area contributed by atoms with E-state index in [-0.39, 0.29) is 23.9 Å². The van der Waals surface area contributed by atoms with Gasteiger partial charge < -0.3 is 10.6 Å². The van der Waals surface area contributed by atoms with Crippen LogP contribution in [0.5, 0.6) is 0 Å². The summed E-state index contributed by atoms with van der Waals surface area (Å²) in [6.45, 7) is 2.43. The maximum atomic E-state index is 13.3. The Balaban J connectivity index is 0.00000144. The number of amides is 1. The third-order valence-electron chi connectivity index (χ3n) is 2.59. The van der Waals surface area contributed by atoms with Gasteiger partial charge in [0.2, 0.25) is 0 Å². The predicted octanol–water partition coefficient (Wildman–Crippen LogP) is 1.96. The van der Waals surface area contributed by atoms with Gasteiger partial charge in [0.15, 0.2) is 0 Å². The van der Waals surface area contributed by atoms with Crippen molar-refractivity contribution in [1.82, 2.24) is 10.6 Å². The van der Waals surface area contributed by atoms with Crippen molar-refractivity contribution >= 4 is 34.2 Å². The number of rotatable bonds is 3. The molecule has 1 saturated heterocycles. The lowest BCUT2D eigenvalue weighted by Gasteiger charge is -2.27. The van der Waals surface area contributed by atoms with Crippen LogP contribution in [0.4, 0.5) is 4.39 Å². The minimum atomic E-state index is -0.493. The predicted molar refractivity (Wildman–Crippen MR) is 70.0 cm³/mol. The van der Waals surface area contributed by atoms with Crippen LogP contribution in [0, 0.1) is 11.7 Å². The summed E-state index contributed by atoms with van der Waals surface area (Å²) in [6.07, 6.45) is 0. The number of carbonyl (C=O) groups is 1. The zero-order valence-corrected chi connectivity index (χ0v) is 11.4. The summed E-state index contributed by atoms with van der Waals surface area (Å²) >= 11 is 3.21. The fourth-order valence-corrected chi connectivity index (χ4v) is 1.86. The van der Waals surface area contributed by atoms with E-state index in [1.165, 1.54) is 12.1 Å². The van der Waals surface area contributed by atoms with Gasteiger partial charge in [-0.25, -0.2) is 4.39 Å². The van der Waals surface area contributed by atoms with E-state index >= 15 is 0 Å². The second-order valence-electron chi connectivity index (χ2n) is 3.86. The molecule has 0 aromatic heterocycles. The summed E-state index contributed by atoms with van der Waals surface area (Å²) in [5.74, 6) is -0.378. The Morgan fingerprint density at radius 1 is 1.53 bits per heavy atom. The molecule has 1 aliphatic rings. The van der Waals surface area contributed by atoms with E-state index in [0.29, 0.717) is 16.9 Å². The summed E-state index contributed by atoms with van der Waals surface area (Å²) in [5, 5.41) is 5.84. The van der Waals surface area contributed by atoms with Crippen molar-refractivity contribution in [3.63, 3.8) is 0 Å². The van der Waals surface area contributed by atoms with E-state index in [0.717, 1.165) is 13.1 Å². The van der Waals surface area contributed by atoms with E-state index < -0.39 is 5.82 Å². The summed E-state index contributed by atoms with van der Waals surface area (Å²) in [6, 6.07) is 4.34. The van der Waals surface area contributed by atoms with Crippen LogP contribution in [0.3, 0.4) is 0 Å². The number of hydrogen-bond acceptors (Lipinski definition) is 2. The Labute approximate surface area is 114 Å². The van der Waals surface area contributed by atoms with Gasteiger partial charge >= 0.3 is 0 Å². The highest BCUT2D eigenvalue weighted by molar-refractivity contribution is 9.10. The van der Waals surface area contributed by atoms with Crippen LogP contribution in [-0.4, -0.2) is 25.5 Å². The van der Waals surface area contributed by atoms with Gasteiger partial charge in [0.1, 0.15) is 5.82 Å². The van der Waals surface area contributed by atoms with E-state index in [4.69, 9.17) is 0 Å². The summed E-state index contributed by atoms with van der Waals surface area (Å²) in [4.78, 5) is 11.7. The molecule has 6 heteroatoms. The van der Waals surface area contributed by atoms with Crippen LogP contribution in [0.1, 0.15) is 10.4 Å². The third kappa shape index (κ3) is 3.66. The van der Waals surface area contributed by atoms with Crippen molar-refractivity contribution in [2.75, 3.05) is 19.6 Å². The largest absolute Gasteiger partial charge is 0.352 e. The first-order chi connectivity index (χ1) is 7.66. The molecule has 0 aliphatic carbocycles. The van der Waals surface area contributed by atoms with Gasteiger partial charge in [-0.05, 0) is 18.2 Å². The number of benzene rings is 1. The topological polar surface area (TPSA) is 41.1 Å². The first kappa shape index (κ1) is 14.4. The molecule has 0 saturated carbocycles. The molecule has 1 amide bonds. The van der Waals surface area contributed by atoms with Crippen LogP contribution < -0.4 is 10.6 Å². The lowest BCUT2D eigenvalue weighted by atomic mass is 10.0. The summed E-state index contributed by atoms with van der Waals surface area (Å²) in [7, 11) is 0. The zero-order chi connectivity index (χ0) is 11.5. The molecule has 3 nitrogen and oxygen atoms in total. The second-order valence-corrected chi connectivity index (χ2v) is 4.77. The minimum absolute atomic E-state index is 0. The normalized spacial score (nSPS) is 14.7. The first-order valence-corrected chi connectivity index (χ1v) is 5.90. The molecule has 0 radical (unpaired) electrons. The molecule has 2 N–H and O–H groups in total. The molecule has 0 atom stereocenters. The maximum absolute atomic E-state index is 13.3. The van der Waals surface area contributed by atoms with E-state index in [1.54, 1.807) is 6.07 Å². The molecular formula is C11H13BrClFN2O. The molecule has 0 bridgehead atoms. The fourth-order valence-electron chi connectivity index (χ4n) is 1.50. The molecule has 1 heterocycles. The number of carbonyl (C=O) groups excluding carboxylic acids is 1. The van der Waals surface area contributed by atoms with Gasteiger partial charge in [0.25, 0.3) is 5.91 Å². The van der Waals surface area contributed by atoms with Gasteiger partial charge in [0, 0.05) is 30.0 Å². The number of nitrogens with one attached hydrogen (secondary N) is 2.